The summed E-state index contributed by atoms with van der Waals surface area (Å²) in [5.74, 6) is -4.03. The van der Waals surface area contributed by atoms with Gasteiger partial charge in [0.25, 0.3) is 3.79 Å². The first-order valence-electron chi connectivity index (χ1n) is 8.35. The largest absolute Gasteiger partial charge is 0.463 e. The van der Waals surface area contributed by atoms with Crippen LogP contribution in [0.2, 0.25) is 0 Å². The normalized spacial score (nSPS) is 26.2. The monoisotopic (exact) mass is 491 g/mol. The van der Waals surface area contributed by atoms with E-state index in [4.69, 9.17) is 68.6 Å². The number of rotatable bonds is 6. The van der Waals surface area contributed by atoms with Crippen LogP contribution in [0.25, 0.3) is 0 Å². The molecule has 1 aliphatic heterocycles. The summed E-state index contributed by atoms with van der Waals surface area (Å²) >= 11 is 16.8. The van der Waals surface area contributed by atoms with E-state index < -0.39 is 70.9 Å². The van der Waals surface area contributed by atoms with Crippen LogP contribution in [0, 0.1) is 5.41 Å². The highest BCUT2D eigenvalue weighted by atomic mass is 35.6. The third-order valence-corrected chi connectivity index (χ3v) is 3.95. The van der Waals surface area contributed by atoms with Crippen LogP contribution in [-0.4, -0.2) is 70.9 Å². The molecule has 2 unspecified atom stereocenters. The van der Waals surface area contributed by atoms with Gasteiger partial charge >= 0.3 is 23.9 Å². The second-order valence-corrected chi connectivity index (χ2v) is 8.29. The third-order valence-electron chi connectivity index (χ3n) is 3.44. The van der Waals surface area contributed by atoms with E-state index in [9.17, 15) is 19.2 Å². The zero-order valence-corrected chi connectivity index (χ0v) is 18.6. The molecule has 1 rings (SSSR count). The zero-order chi connectivity index (χ0) is 23.2. The summed E-state index contributed by atoms with van der Waals surface area (Å²) in [5.41, 5.74) is 0. The van der Waals surface area contributed by atoms with Gasteiger partial charge in [0.15, 0.2) is 12.2 Å². The molecule has 1 fully saturated rings. The molecule has 0 aliphatic carbocycles. The van der Waals surface area contributed by atoms with Crippen molar-refractivity contribution in [3.05, 3.63) is 0 Å². The Balaban J connectivity index is 3.37. The number of carbonyl (C=O) groups excluding carboxylic acids is 4. The van der Waals surface area contributed by atoms with Crippen LogP contribution in [-0.2, 0) is 47.6 Å². The predicted octanol–water partition coefficient (Wildman–Crippen LogP) is 1.43. The van der Waals surface area contributed by atoms with E-state index in [1.165, 1.54) is 0 Å². The summed E-state index contributed by atoms with van der Waals surface area (Å²) in [5, 5.41) is 7.74. The number of esters is 4. The van der Waals surface area contributed by atoms with Crippen LogP contribution >= 0.6 is 34.8 Å². The van der Waals surface area contributed by atoms with Crippen molar-refractivity contribution in [1.82, 2.24) is 0 Å². The summed E-state index contributed by atoms with van der Waals surface area (Å²) in [6.45, 7) is 3.86. The van der Waals surface area contributed by atoms with Crippen molar-refractivity contribution >= 4 is 64.6 Å². The van der Waals surface area contributed by atoms with E-state index >= 15 is 0 Å². The number of carbonyl (C=O) groups is 4. The van der Waals surface area contributed by atoms with Crippen LogP contribution in [0.4, 0.5) is 0 Å². The topological polar surface area (TPSA) is 148 Å². The van der Waals surface area contributed by atoms with Crippen LogP contribution in [0.3, 0.4) is 0 Å². The molecule has 0 amide bonds. The minimum absolute atomic E-state index is 0.460. The molecular formula is C16H20Cl3NO10. The highest BCUT2D eigenvalue weighted by Crippen LogP contribution is 2.33. The first-order chi connectivity index (χ1) is 13.7. The molecule has 0 spiro atoms. The zero-order valence-electron chi connectivity index (χ0n) is 16.3. The maximum absolute atomic E-state index is 11.7. The van der Waals surface area contributed by atoms with Gasteiger partial charge in [-0.1, -0.05) is 34.8 Å². The molecule has 1 heterocycles. The first-order valence-corrected chi connectivity index (χ1v) is 9.48. The molecule has 170 valence electrons. The molecule has 0 aromatic rings. The first kappa shape index (κ1) is 26.2. The molecule has 1 N–H and O–H groups in total. The van der Waals surface area contributed by atoms with Gasteiger partial charge in [-0.3, -0.25) is 24.6 Å². The quantitative estimate of drug-likeness (QED) is 0.190. The molecule has 11 nitrogen and oxygen atoms in total. The summed E-state index contributed by atoms with van der Waals surface area (Å²) in [4.78, 5) is 46.1. The van der Waals surface area contributed by atoms with Gasteiger partial charge in [-0.25, -0.2) is 0 Å². The standard InChI is InChI=1S/C16H20Cl3NO10/c1-6(21)25-5-10-11(26-7(2)22)12(27-8(3)23)13(28-9(4)24)14(29-10)30-15(20)16(17,18)19/h10-14,20H,5H2,1-4H3/t10?,11-,12-,13?,14-/m1/s1. The van der Waals surface area contributed by atoms with Crippen molar-refractivity contribution in [2.24, 2.45) is 0 Å². The molecule has 0 aromatic carbocycles. The van der Waals surface area contributed by atoms with E-state index in [2.05, 4.69) is 0 Å². The fourth-order valence-electron chi connectivity index (χ4n) is 2.47. The number of alkyl halides is 3. The summed E-state index contributed by atoms with van der Waals surface area (Å²) in [7, 11) is 0. The summed E-state index contributed by atoms with van der Waals surface area (Å²) in [6, 6.07) is 0. The number of hydrogen-bond acceptors (Lipinski definition) is 11. The molecule has 14 heteroatoms. The lowest BCUT2D eigenvalue weighted by molar-refractivity contribution is -0.292. The Morgan fingerprint density at radius 2 is 1.27 bits per heavy atom. The van der Waals surface area contributed by atoms with Gasteiger partial charge in [0.2, 0.25) is 18.3 Å². The number of ether oxygens (including phenoxy) is 6. The van der Waals surface area contributed by atoms with E-state index in [-0.39, 0.29) is 0 Å². The van der Waals surface area contributed by atoms with Crippen molar-refractivity contribution in [3.8, 4) is 0 Å². The number of halogens is 3. The van der Waals surface area contributed by atoms with Gasteiger partial charge in [0, 0.05) is 27.7 Å². The van der Waals surface area contributed by atoms with Crippen molar-refractivity contribution in [3.63, 3.8) is 0 Å². The Morgan fingerprint density at radius 1 is 0.800 bits per heavy atom. The molecule has 30 heavy (non-hydrogen) atoms. The Hall–Kier alpha value is -1.82. The number of nitrogens with one attached hydrogen (secondary N) is 1. The molecule has 1 saturated heterocycles. The molecular weight excluding hydrogens is 473 g/mol. The lowest BCUT2D eigenvalue weighted by Crippen LogP contribution is -2.63. The van der Waals surface area contributed by atoms with Crippen molar-refractivity contribution < 1.29 is 47.6 Å². The van der Waals surface area contributed by atoms with E-state index in [0.717, 1.165) is 27.7 Å². The van der Waals surface area contributed by atoms with Gasteiger partial charge < -0.3 is 28.4 Å². The van der Waals surface area contributed by atoms with Gasteiger partial charge in [-0.05, 0) is 0 Å². The summed E-state index contributed by atoms with van der Waals surface area (Å²) in [6.07, 6.45) is -7.25. The van der Waals surface area contributed by atoms with E-state index in [0.29, 0.717) is 0 Å². The van der Waals surface area contributed by atoms with Crippen LogP contribution in [0.5, 0.6) is 0 Å². The van der Waals surface area contributed by atoms with Gasteiger partial charge in [0.1, 0.15) is 12.7 Å². The van der Waals surface area contributed by atoms with Gasteiger partial charge in [0.05, 0.1) is 0 Å². The fourth-order valence-corrected chi connectivity index (χ4v) is 2.60. The van der Waals surface area contributed by atoms with Crippen molar-refractivity contribution in [2.45, 2.75) is 62.2 Å². The maximum Gasteiger partial charge on any atom is 0.303 e. The lowest BCUT2D eigenvalue weighted by Gasteiger charge is -2.44. The SMILES string of the molecule is CC(=O)OCC1O[C@H](OC(=N)C(Cl)(Cl)Cl)C(OC(C)=O)[C@H](OC(C)=O)[C@@H]1OC(C)=O. The second kappa shape index (κ2) is 11.0. The minimum atomic E-state index is -2.29. The van der Waals surface area contributed by atoms with Crippen molar-refractivity contribution in [2.75, 3.05) is 6.61 Å². The highest BCUT2D eigenvalue weighted by Gasteiger charge is 2.54. The molecule has 0 radical (unpaired) electrons. The molecule has 0 aromatic heterocycles. The van der Waals surface area contributed by atoms with Crippen LogP contribution in [0.15, 0.2) is 0 Å². The minimum Gasteiger partial charge on any atom is -0.463 e. The van der Waals surface area contributed by atoms with Crippen molar-refractivity contribution in [1.29, 1.82) is 5.41 Å². The summed E-state index contributed by atoms with van der Waals surface area (Å²) < 4.78 is 28.9. The smallest absolute Gasteiger partial charge is 0.303 e. The van der Waals surface area contributed by atoms with Crippen LogP contribution < -0.4 is 0 Å². The Kier molecular flexibility index (Phi) is 9.60. The average molecular weight is 493 g/mol. The average Bonchev–Trinajstić information content (AvgIpc) is 2.56. The third kappa shape index (κ3) is 8.13. The second-order valence-electron chi connectivity index (χ2n) is 6.01. The maximum atomic E-state index is 11.7. The number of hydrogen-bond donors (Lipinski definition) is 1. The van der Waals surface area contributed by atoms with Gasteiger partial charge in [-0.15, -0.1) is 0 Å². The predicted molar refractivity (Wildman–Crippen MR) is 101 cm³/mol. The molecule has 0 bridgehead atoms. The lowest BCUT2D eigenvalue weighted by atomic mass is 9.98. The Morgan fingerprint density at radius 3 is 1.70 bits per heavy atom. The van der Waals surface area contributed by atoms with Crippen LogP contribution in [0.1, 0.15) is 27.7 Å². The van der Waals surface area contributed by atoms with Gasteiger partial charge in [-0.2, -0.15) is 0 Å². The van der Waals surface area contributed by atoms with E-state index in [1.54, 1.807) is 0 Å². The Labute approximate surface area is 186 Å². The molecule has 1 aliphatic rings. The molecule has 5 atom stereocenters. The molecule has 0 saturated carbocycles. The van der Waals surface area contributed by atoms with E-state index in [1.807, 2.05) is 0 Å². The fraction of sp³-hybridized carbons (Fsp3) is 0.688. The highest BCUT2D eigenvalue weighted by molar-refractivity contribution is 6.76. The Bertz CT molecular complexity index is 695.